The van der Waals surface area contributed by atoms with Gasteiger partial charge in [0.25, 0.3) is 5.91 Å². The van der Waals surface area contributed by atoms with Crippen LogP contribution in [-0.4, -0.2) is 17.4 Å². The highest BCUT2D eigenvalue weighted by Gasteiger charge is 2.24. The molecule has 112 valence electrons. The number of thiazole rings is 1. The van der Waals surface area contributed by atoms with Crippen LogP contribution in [-0.2, 0) is 12.0 Å². The Morgan fingerprint density at radius 3 is 2.86 bits per heavy atom. The number of amides is 1. The van der Waals surface area contributed by atoms with Crippen LogP contribution in [0, 0.1) is 6.92 Å². The number of nitrogens with one attached hydrogen (secondary N) is 1. The number of nitrogens with zero attached hydrogens (tertiary/aromatic N) is 1. The fourth-order valence-corrected chi connectivity index (χ4v) is 2.90. The third-order valence-corrected chi connectivity index (χ3v) is 4.22. The number of nitrogens with two attached hydrogens (primary N) is 1. The summed E-state index contributed by atoms with van der Waals surface area (Å²) in [4.78, 5) is 16.7. The number of benzene rings is 1. The Balaban J connectivity index is 2.13. The van der Waals surface area contributed by atoms with Crippen molar-refractivity contribution in [3.63, 3.8) is 0 Å². The predicted octanol–water partition coefficient (Wildman–Crippen LogP) is 2.62. The van der Waals surface area contributed by atoms with Crippen LogP contribution in [0.5, 0.6) is 0 Å². The second-order valence-electron chi connectivity index (χ2n) is 5.61. The molecule has 21 heavy (non-hydrogen) atoms. The topological polar surface area (TPSA) is 68.0 Å². The maximum Gasteiger partial charge on any atom is 0.271 e. The third kappa shape index (κ3) is 3.89. The molecule has 5 heteroatoms. The van der Waals surface area contributed by atoms with Crippen molar-refractivity contribution in [3.05, 3.63) is 51.5 Å². The van der Waals surface area contributed by atoms with E-state index in [4.69, 9.17) is 5.73 Å². The maximum atomic E-state index is 12.3. The second kappa shape index (κ2) is 6.37. The molecule has 0 saturated carbocycles. The second-order valence-corrected chi connectivity index (χ2v) is 6.56. The zero-order valence-electron chi connectivity index (χ0n) is 12.6. The van der Waals surface area contributed by atoms with E-state index in [1.807, 2.05) is 39.0 Å². The first-order valence-electron chi connectivity index (χ1n) is 6.96. The zero-order valence-corrected chi connectivity index (χ0v) is 13.5. The molecule has 0 aliphatic rings. The van der Waals surface area contributed by atoms with Crippen molar-refractivity contribution in [1.29, 1.82) is 0 Å². The molecule has 2 aromatic rings. The van der Waals surface area contributed by atoms with Crippen LogP contribution in [0.15, 0.2) is 29.6 Å². The molecule has 0 aliphatic carbocycles. The van der Waals surface area contributed by atoms with Gasteiger partial charge in [-0.25, -0.2) is 4.98 Å². The molecule has 1 heterocycles. The predicted molar refractivity (Wildman–Crippen MR) is 86.5 cm³/mol. The van der Waals surface area contributed by atoms with Gasteiger partial charge in [0.05, 0.1) is 10.5 Å². The molecule has 0 saturated heterocycles. The van der Waals surface area contributed by atoms with Crippen molar-refractivity contribution in [2.24, 2.45) is 5.73 Å². The molecule has 0 spiro atoms. The van der Waals surface area contributed by atoms with Crippen LogP contribution in [0.4, 0.5) is 0 Å². The van der Waals surface area contributed by atoms with E-state index in [-0.39, 0.29) is 5.91 Å². The molecule has 2 rings (SSSR count). The van der Waals surface area contributed by atoms with E-state index in [1.165, 1.54) is 16.9 Å². The summed E-state index contributed by atoms with van der Waals surface area (Å²) < 4.78 is 0. The summed E-state index contributed by atoms with van der Waals surface area (Å²) in [6.07, 6.45) is 0.708. The fraction of sp³-hybridized carbons (Fsp3) is 0.375. The van der Waals surface area contributed by atoms with E-state index < -0.39 is 5.54 Å². The summed E-state index contributed by atoms with van der Waals surface area (Å²) in [6, 6.07) is 8.15. The molecule has 0 bridgehead atoms. The van der Waals surface area contributed by atoms with Gasteiger partial charge >= 0.3 is 0 Å². The van der Waals surface area contributed by atoms with Gasteiger partial charge in [0.2, 0.25) is 0 Å². The Morgan fingerprint density at radius 2 is 2.19 bits per heavy atom. The van der Waals surface area contributed by atoms with Crippen LogP contribution in [0.25, 0.3) is 0 Å². The number of rotatable bonds is 5. The fourth-order valence-electron chi connectivity index (χ4n) is 2.11. The lowest BCUT2D eigenvalue weighted by molar-refractivity contribution is 0.0907. The van der Waals surface area contributed by atoms with Gasteiger partial charge in [0.15, 0.2) is 0 Å². The molecule has 1 aromatic heterocycles. The van der Waals surface area contributed by atoms with E-state index in [0.717, 1.165) is 10.6 Å². The van der Waals surface area contributed by atoms with Crippen LogP contribution in [0.2, 0.25) is 0 Å². The Kier molecular flexibility index (Phi) is 4.75. The highest BCUT2D eigenvalue weighted by molar-refractivity contribution is 7.09. The summed E-state index contributed by atoms with van der Waals surface area (Å²) in [5.74, 6) is -0.152. The van der Waals surface area contributed by atoms with Gasteiger partial charge in [-0.05, 0) is 32.9 Å². The van der Waals surface area contributed by atoms with Gasteiger partial charge in [-0.1, -0.05) is 29.8 Å². The molecule has 0 atom stereocenters. The normalized spacial score (nSPS) is 11.4. The van der Waals surface area contributed by atoms with Crippen molar-refractivity contribution in [3.8, 4) is 0 Å². The molecule has 0 fully saturated rings. The quantitative estimate of drug-likeness (QED) is 0.892. The first kappa shape index (κ1) is 15.7. The van der Waals surface area contributed by atoms with E-state index in [1.54, 1.807) is 5.38 Å². The number of hydrogen-bond donors (Lipinski definition) is 2. The summed E-state index contributed by atoms with van der Waals surface area (Å²) in [7, 11) is 0. The molecule has 4 nitrogen and oxygen atoms in total. The van der Waals surface area contributed by atoms with Crippen LogP contribution in [0.1, 0.15) is 40.5 Å². The highest BCUT2D eigenvalue weighted by atomic mass is 32.1. The minimum atomic E-state index is -0.444. The van der Waals surface area contributed by atoms with E-state index in [2.05, 4.69) is 16.4 Å². The van der Waals surface area contributed by atoms with E-state index in [0.29, 0.717) is 18.7 Å². The SMILES string of the molecule is Cc1cccc(C(C)(C)NC(=O)c2csc(CCN)n2)c1. The van der Waals surface area contributed by atoms with Crippen molar-refractivity contribution >= 4 is 17.2 Å². The van der Waals surface area contributed by atoms with Crippen LogP contribution >= 0.6 is 11.3 Å². The van der Waals surface area contributed by atoms with Gasteiger partial charge in [-0.2, -0.15) is 0 Å². The number of aryl methyl sites for hydroxylation is 1. The zero-order chi connectivity index (χ0) is 15.5. The van der Waals surface area contributed by atoms with Crippen LogP contribution < -0.4 is 11.1 Å². The molecular formula is C16H21N3OS. The number of carbonyl (C=O) groups excluding carboxylic acids is 1. The average molecular weight is 303 g/mol. The molecule has 1 amide bonds. The van der Waals surface area contributed by atoms with E-state index in [9.17, 15) is 4.79 Å². The lowest BCUT2D eigenvalue weighted by Crippen LogP contribution is -2.41. The smallest absolute Gasteiger partial charge is 0.271 e. The molecule has 0 aliphatic heterocycles. The molecule has 3 N–H and O–H groups in total. The van der Waals surface area contributed by atoms with Gasteiger partial charge < -0.3 is 11.1 Å². The van der Waals surface area contributed by atoms with Gasteiger partial charge in [-0.15, -0.1) is 11.3 Å². The van der Waals surface area contributed by atoms with Gasteiger partial charge in [0.1, 0.15) is 5.69 Å². The Bertz CT molecular complexity index is 634. The molecule has 0 radical (unpaired) electrons. The van der Waals surface area contributed by atoms with Crippen molar-refractivity contribution < 1.29 is 4.79 Å². The maximum absolute atomic E-state index is 12.3. The van der Waals surface area contributed by atoms with Crippen molar-refractivity contribution in [2.75, 3.05) is 6.54 Å². The molecular weight excluding hydrogens is 282 g/mol. The minimum Gasteiger partial charge on any atom is -0.342 e. The van der Waals surface area contributed by atoms with Gasteiger partial charge in [-0.3, -0.25) is 4.79 Å². The van der Waals surface area contributed by atoms with Crippen molar-refractivity contribution in [1.82, 2.24) is 10.3 Å². The first-order valence-corrected chi connectivity index (χ1v) is 7.84. The summed E-state index contributed by atoms with van der Waals surface area (Å²) in [5.41, 5.74) is 7.77. The Labute approximate surface area is 129 Å². The Hall–Kier alpha value is -1.72. The standard InChI is InChI=1S/C16H21N3OS/c1-11-5-4-6-12(9-11)16(2,3)19-15(20)13-10-21-14(18-13)7-8-17/h4-6,9-10H,7-8,17H2,1-3H3,(H,19,20). The monoisotopic (exact) mass is 303 g/mol. The number of hydrogen-bond acceptors (Lipinski definition) is 4. The molecule has 0 unspecified atom stereocenters. The third-order valence-electron chi connectivity index (χ3n) is 3.31. The first-order chi connectivity index (χ1) is 9.92. The largest absolute Gasteiger partial charge is 0.342 e. The lowest BCUT2D eigenvalue weighted by Gasteiger charge is -2.27. The summed E-state index contributed by atoms with van der Waals surface area (Å²) >= 11 is 1.47. The minimum absolute atomic E-state index is 0.152. The Morgan fingerprint density at radius 1 is 1.43 bits per heavy atom. The number of aromatic nitrogens is 1. The summed E-state index contributed by atoms with van der Waals surface area (Å²) in [6.45, 7) is 6.57. The van der Waals surface area contributed by atoms with Crippen LogP contribution in [0.3, 0.4) is 0 Å². The highest BCUT2D eigenvalue weighted by Crippen LogP contribution is 2.22. The van der Waals surface area contributed by atoms with Crippen molar-refractivity contribution in [2.45, 2.75) is 32.7 Å². The lowest BCUT2D eigenvalue weighted by atomic mass is 9.93. The van der Waals surface area contributed by atoms with Gasteiger partial charge in [0, 0.05) is 11.8 Å². The summed E-state index contributed by atoms with van der Waals surface area (Å²) in [5, 5.41) is 5.73. The average Bonchev–Trinajstić information content (AvgIpc) is 2.87. The van der Waals surface area contributed by atoms with E-state index >= 15 is 0 Å². The molecule has 1 aromatic carbocycles. The number of carbonyl (C=O) groups is 1.